The Labute approximate surface area is 186 Å². The van der Waals surface area contributed by atoms with Crippen LogP contribution in [0.4, 0.5) is 5.69 Å². The van der Waals surface area contributed by atoms with Crippen molar-refractivity contribution in [3.05, 3.63) is 29.8 Å². The maximum absolute atomic E-state index is 13.0. The summed E-state index contributed by atoms with van der Waals surface area (Å²) in [5, 5.41) is 0. The number of benzene rings is 1. The van der Waals surface area contributed by atoms with Gasteiger partial charge in [-0.15, -0.1) is 0 Å². The molecule has 1 spiro atoms. The zero-order chi connectivity index (χ0) is 21.4. The van der Waals surface area contributed by atoms with Crippen molar-refractivity contribution in [3.63, 3.8) is 0 Å². The number of piperazine rings is 1. The van der Waals surface area contributed by atoms with Crippen LogP contribution in [0, 0.1) is 30.1 Å². The number of aryl methyl sites for hydroxylation is 1. The summed E-state index contributed by atoms with van der Waals surface area (Å²) in [5.41, 5.74) is 2.79. The lowest BCUT2D eigenvalue weighted by atomic mass is 9.53. The summed E-state index contributed by atoms with van der Waals surface area (Å²) in [6, 6.07) is 8.76. The molecule has 0 amide bonds. The second-order valence-corrected chi connectivity index (χ2v) is 11.2. The van der Waals surface area contributed by atoms with Gasteiger partial charge in [-0.05, 0) is 49.8 Å². The second-order valence-electron chi connectivity index (χ2n) is 11.2. The number of carbonyl (C=O) groups is 1. The van der Waals surface area contributed by atoms with Crippen LogP contribution in [0.2, 0.25) is 0 Å². The molecule has 1 aromatic carbocycles. The van der Waals surface area contributed by atoms with Gasteiger partial charge in [0.05, 0.1) is 12.0 Å². The Kier molecular flexibility index (Phi) is 4.50. The minimum Gasteiger partial charge on any atom is -0.462 e. The third-order valence-electron chi connectivity index (χ3n) is 9.39. The summed E-state index contributed by atoms with van der Waals surface area (Å²) in [6.07, 6.45) is 5.00. The van der Waals surface area contributed by atoms with Gasteiger partial charge in [-0.1, -0.05) is 32.4 Å². The predicted molar refractivity (Wildman–Crippen MR) is 120 cm³/mol. The molecule has 5 fully saturated rings. The zero-order valence-corrected chi connectivity index (χ0v) is 19.2. The summed E-state index contributed by atoms with van der Waals surface area (Å²) in [6.45, 7) is 11.8. The molecule has 2 saturated carbocycles. The maximum Gasteiger partial charge on any atom is 0.311 e. The van der Waals surface area contributed by atoms with E-state index >= 15 is 0 Å². The molecular formula is C26H36N2O3. The van der Waals surface area contributed by atoms with Gasteiger partial charge in [0.25, 0.3) is 0 Å². The molecule has 168 valence electrons. The quantitative estimate of drug-likeness (QED) is 0.548. The van der Waals surface area contributed by atoms with E-state index < -0.39 is 0 Å². The molecule has 0 N–H and O–H groups in total. The second kappa shape index (κ2) is 6.95. The van der Waals surface area contributed by atoms with Crippen molar-refractivity contribution in [2.24, 2.45) is 23.2 Å². The van der Waals surface area contributed by atoms with Crippen molar-refractivity contribution >= 4 is 11.7 Å². The fourth-order valence-electron chi connectivity index (χ4n) is 7.73. The Morgan fingerprint density at radius 3 is 2.77 bits per heavy atom. The lowest BCUT2D eigenvalue weighted by Crippen LogP contribution is -2.55. The zero-order valence-electron chi connectivity index (χ0n) is 19.2. The molecule has 0 bridgehead atoms. The first kappa shape index (κ1) is 20.0. The average Bonchev–Trinajstić information content (AvgIpc) is 3.43. The Hall–Kier alpha value is -1.59. The minimum atomic E-state index is -0.0291. The first-order valence-corrected chi connectivity index (χ1v) is 12.3. The number of fused-ring (bicyclic) bond motifs is 2. The fourth-order valence-corrected chi connectivity index (χ4v) is 7.73. The molecule has 5 nitrogen and oxygen atoms in total. The highest BCUT2D eigenvalue weighted by molar-refractivity contribution is 5.76. The molecular weight excluding hydrogens is 388 g/mol. The number of epoxide rings is 1. The smallest absolute Gasteiger partial charge is 0.311 e. The van der Waals surface area contributed by atoms with Gasteiger partial charge in [-0.2, -0.15) is 0 Å². The van der Waals surface area contributed by atoms with E-state index in [-0.39, 0.29) is 41.0 Å². The van der Waals surface area contributed by atoms with E-state index in [1.807, 2.05) is 0 Å². The number of hydrogen-bond acceptors (Lipinski definition) is 5. The van der Waals surface area contributed by atoms with Crippen molar-refractivity contribution in [3.8, 4) is 0 Å². The molecule has 5 heteroatoms. The van der Waals surface area contributed by atoms with Gasteiger partial charge in [-0.25, -0.2) is 0 Å². The summed E-state index contributed by atoms with van der Waals surface area (Å²) in [7, 11) is 0. The average molecular weight is 425 g/mol. The van der Waals surface area contributed by atoms with E-state index in [0.717, 1.165) is 39.1 Å². The lowest BCUT2D eigenvalue weighted by molar-refractivity contribution is -0.146. The highest BCUT2D eigenvalue weighted by Gasteiger charge is 2.78. The van der Waals surface area contributed by atoms with Gasteiger partial charge in [0.15, 0.2) is 0 Å². The Bertz CT molecular complexity index is 881. The number of esters is 1. The summed E-state index contributed by atoms with van der Waals surface area (Å²) in [4.78, 5) is 17.9. The van der Waals surface area contributed by atoms with Gasteiger partial charge >= 0.3 is 5.97 Å². The SMILES string of the molecule is Cc1cccc(N2CCN(C[C@@H]3C(=O)O[C@@H]4C[C@]5(C)CCC[C@H](C)[C@@]56O[C@@H]6[C@@H]34)CC2)c1. The number of nitrogens with zero attached hydrogens (tertiary/aromatic N) is 2. The Morgan fingerprint density at radius 2 is 2.00 bits per heavy atom. The van der Waals surface area contributed by atoms with Crippen LogP contribution in [-0.2, 0) is 14.3 Å². The third kappa shape index (κ3) is 2.92. The van der Waals surface area contributed by atoms with Crippen LogP contribution in [0.3, 0.4) is 0 Å². The number of hydrogen-bond donors (Lipinski definition) is 0. The van der Waals surface area contributed by atoms with Crippen LogP contribution in [-0.4, -0.2) is 61.4 Å². The highest BCUT2D eigenvalue weighted by Crippen LogP contribution is 2.70. The number of ether oxygens (including phenoxy) is 2. The predicted octanol–water partition coefficient (Wildman–Crippen LogP) is 3.64. The fraction of sp³-hybridized carbons (Fsp3) is 0.731. The molecule has 5 aliphatic rings. The minimum absolute atomic E-state index is 0.00249. The molecule has 3 aliphatic heterocycles. The number of rotatable bonds is 3. The summed E-state index contributed by atoms with van der Waals surface area (Å²) < 4.78 is 12.6. The van der Waals surface area contributed by atoms with Crippen molar-refractivity contribution in [2.75, 3.05) is 37.6 Å². The monoisotopic (exact) mass is 424 g/mol. The van der Waals surface area contributed by atoms with Gasteiger partial charge in [0, 0.05) is 49.7 Å². The first-order chi connectivity index (χ1) is 14.9. The van der Waals surface area contributed by atoms with Crippen LogP contribution in [0.5, 0.6) is 0 Å². The van der Waals surface area contributed by atoms with Gasteiger partial charge in [0.2, 0.25) is 0 Å². The Morgan fingerprint density at radius 1 is 1.19 bits per heavy atom. The molecule has 0 radical (unpaired) electrons. The van der Waals surface area contributed by atoms with Crippen molar-refractivity contribution < 1.29 is 14.3 Å². The van der Waals surface area contributed by atoms with Crippen LogP contribution in [0.25, 0.3) is 0 Å². The third-order valence-corrected chi connectivity index (χ3v) is 9.39. The normalized spacial score (nSPS) is 44.3. The maximum atomic E-state index is 13.0. The van der Waals surface area contributed by atoms with E-state index in [9.17, 15) is 4.79 Å². The molecule has 0 unspecified atom stereocenters. The molecule has 3 saturated heterocycles. The molecule has 2 aliphatic carbocycles. The van der Waals surface area contributed by atoms with Crippen LogP contribution in [0.1, 0.15) is 45.1 Å². The highest BCUT2D eigenvalue weighted by atomic mass is 16.6. The van der Waals surface area contributed by atoms with Crippen LogP contribution in [0.15, 0.2) is 24.3 Å². The first-order valence-electron chi connectivity index (χ1n) is 12.3. The standard InChI is InChI=1S/C26H36N2O3/c1-17-6-4-8-19(14-17)28-12-10-27(11-13-28)16-20-22-21(30-24(20)29)15-25(3)9-5-7-18(2)26(25)23(22)31-26/h4,6,8,14,18,20-23H,5,7,9-13,15-16H2,1-3H3/t18-,20-,21+,22-,23+,25-,26-/m0/s1. The van der Waals surface area contributed by atoms with Gasteiger partial charge in [-0.3, -0.25) is 9.69 Å². The van der Waals surface area contributed by atoms with Gasteiger partial charge < -0.3 is 14.4 Å². The molecule has 31 heavy (non-hydrogen) atoms. The molecule has 6 rings (SSSR count). The largest absolute Gasteiger partial charge is 0.462 e. The summed E-state index contributed by atoms with van der Waals surface area (Å²) in [5.74, 6) is 0.831. The molecule has 3 heterocycles. The number of anilines is 1. The number of carbonyl (C=O) groups excluding carboxylic acids is 1. The van der Waals surface area contributed by atoms with Crippen molar-refractivity contribution in [2.45, 2.75) is 64.3 Å². The van der Waals surface area contributed by atoms with Crippen molar-refractivity contribution in [1.82, 2.24) is 4.90 Å². The molecule has 0 aromatic heterocycles. The van der Waals surface area contributed by atoms with E-state index in [4.69, 9.17) is 9.47 Å². The van der Waals surface area contributed by atoms with Crippen LogP contribution < -0.4 is 4.90 Å². The molecule has 7 atom stereocenters. The van der Waals surface area contributed by atoms with Gasteiger partial charge in [0.1, 0.15) is 11.7 Å². The van der Waals surface area contributed by atoms with E-state index in [2.05, 4.69) is 54.8 Å². The van der Waals surface area contributed by atoms with Crippen molar-refractivity contribution in [1.29, 1.82) is 0 Å². The summed E-state index contributed by atoms with van der Waals surface area (Å²) >= 11 is 0. The van der Waals surface area contributed by atoms with E-state index in [0.29, 0.717) is 5.92 Å². The van der Waals surface area contributed by atoms with E-state index in [1.54, 1.807) is 0 Å². The van der Waals surface area contributed by atoms with Crippen LogP contribution >= 0.6 is 0 Å². The Balaban J connectivity index is 1.14. The van der Waals surface area contributed by atoms with E-state index in [1.165, 1.54) is 30.5 Å². The molecule has 1 aromatic rings. The topological polar surface area (TPSA) is 45.3 Å². The lowest BCUT2D eigenvalue weighted by Gasteiger charge is -2.49.